The number of nitrogens with one attached hydrogen (secondary N) is 1. The molecule has 1 aromatic heterocycles. The van der Waals surface area contributed by atoms with Crippen molar-refractivity contribution in [2.75, 3.05) is 20.6 Å². The Kier molecular flexibility index (Phi) is 5.10. The molecule has 2 atom stereocenters. The lowest BCUT2D eigenvalue weighted by Gasteiger charge is -2.45. The van der Waals surface area contributed by atoms with E-state index in [1.54, 1.807) is 0 Å². The van der Waals surface area contributed by atoms with Crippen molar-refractivity contribution < 1.29 is 0 Å². The molecular weight excluding hydrogens is 260 g/mol. The van der Waals surface area contributed by atoms with Crippen LogP contribution >= 0.6 is 0 Å². The molecule has 0 radical (unpaired) electrons. The molecule has 4 nitrogen and oxygen atoms in total. The zero-order valence-electron chi connectivity index (χ0n) is 14.7. The Labute approximate surface area is 129 Å². The van der Waals surface area contributed by atoms with Gasteiger partial charge < -0.3 is 10.2 Å². The molecule has 1 aromatic rings. The lowest BCUT2D eigenvalue weighted by Crippen LogP contribution is -2.54. The molecule has 0 saturated heterocycles. The first-order chi connectivity index (χ1) is 9.85. The van der Waals surface area contributed by atoms with Crippen molar-refractivity contribution in [2.24, 2.45) is 13.0 Å². The summed E-state index contributed by atoms with van der Waals surface area (Å²) in [5.41, 5.74) is 4.10. The van der Waals surface area contributed by atoms with E-state index in [4.69, 9.17) is 0 Å². The summed E-state index contributed by atoms with van der Waals surface area (Å²) >= 11 is 0. The van der Waals surface area contributed by atoms with Gasteiger partial charge in [0.25, 0.3) is 0 Å². The molecule has 1 fully saturated rings. The first-order valence-corrected chi connectivity index (χ1v) is 8.23. The van der Waals surface area contributed by atoms with Gasteiger partial charge in [0.2, 0.25) is 0 Å². The molecule has 21 heavy (non-hydrogen) atoms. The van der Waals surface area contributed by atoms with Crippen LogP contribution in [-0.2, 0) is 13.6 Å². The molecule has 1 heterocycles. The second-order valence-corrected chi connectivity index (χ2v) is 7.20. The molecule has 1 N–H and O–H groups in total. The summed E-state index contributed by atoms with van der Waals surface area (Å²) < 4.78 is 1.98. The molecule has 1 saturated carbocycles. The van der Waals surface area contributed by atoms with Crippen LogP contribution in [0.2, 0.25) is 0 Å². The maximum atomic E-state index is 4.51. The van der Waals surface area contributed by atoms with E-state index in [9.17, 15) is 0 Å². The van der Waals surface area contributed by atoms with Gasteiger partial charge in [-0.25, -0.2) is 0 Å². The molecule has 1 aliphatic rings. The monoisotopic (exact) mass is 292 g/mol. The zero-order chi connectivity index (χ0) is 15.6. The third kappa shape index (κ3) is 3.49. The number of hydrogen-bond acceptors (Lipinski definition) is 3. The summed E-state index contributed by atoms with van der Waals surface area (Å²) in [7, 11) is 6.50. The zero-order valence-corrected chi connectivity index (χ0v) is 14.7. The summed E-state index contributed by atoms with van der Waals surface area (Å²) in [6, 6.07) is 0. The van der Waals surface area contributed by atoms with Crippen molar-refractivity contribution in [1.29, 1.82) is 0 Å². The minimum atomic E-state index is 0.321. The molecule has 120 valence electrons. The van der Waals surface area contributed by atoms with Gasteiger partial charge in [-0.15, -0.1) is 0 Å². The number of rotatable bonds is 5. The van der Waals surface area contributed by atoms with E-state index in [1.807, 2.05) is 11.7 Å². The highest BCUT2D eigenvalue weighted by molar-refractivity contribution is 5.24. The fourth-order valence-electron chi connectivity index (χ4n) is 3.85. The average Bonchev–Trinajstić information content (AvgIpc) is 2.65. The van der Waals surface area contributed by atoms with Crippen molar-refractivity contribution in [3.63, 3.8) is 0 Å². The number of aryl methyl sites for hydroxylation is 2. The fraction of sp³-hybridized carbons (Fsp3) is 0.824. The van der Waals surface area contributed by atoms with E-state index < -0.39 is 0 Å². The summed E-state index contributed by atoms with van der Waals surface area (Å²) in [6.07, 6.45) is 5.35. The van der Waals surface area contributed by atoms with Gasteiger partial charge in [0.1, 0.15) is 0 Å². The summed E-state index contributed by atoms with van der Waals surface area (Å²) in [6.45, 7) is 8.65. The van der Waals surface area contributed by atoms with Gasteiger partial charge in [0.05, 0.1) is 5.69 Å². The predicted octanol–water partition coefficient (Wildman–Crippen LogP) is 2.64. The highest BCUT2D eigenvalue weighted by atomic mass is 15.3. The van der Waals surface area contributed by atoms with E-state index in [0.29, 0.717) is 5.54 Å². The average molecular weight is 292 g/mol. The van der Waals surface area contributed by atoms with Gasteiger partial charge >= 0.3 is 0 Å². The molecule has 0 amide bonds. The Hall–Kier alpha value is -0.870. The van der Waals surface area contributed by atoms with Crippen LogP contribution in [0.5, 0.6) is 0 Å². The smallest absolute Gasteiger partial charge is 0.0641 e. The number of nitrogens with zero attached hydrogens (tertiary/aromatic N) is 3. The van der Waals surface area contributed by atoms with Crippen LogP contribution < -0.4 is 5.32 Å². The summed E-state index contributed by atoms with van der Waals surface area (Å²) in [4.78, 5) is 2.44. The van der Waals surface area contributed by atoms with Crippen LogP contribution in [0.4, 0.5) is 0 Å². The molecule has 0 aromatic carbocycles. The van der Waals surface area contributed by atoms with Gasteiger partial charge in [0.15, 0.2) is 0 Å². The quantitative estimate of drug-likeness (QED) is 0.905. The van der Waals surface area contributed by atoms with Gasteiger partial charge in [0, 0.05) is 36.9 Å². The number of aromatic nitrogens is 2. The lowest BCUT2D eigenvalue weighted by molar-refractivity contribution is 0.0749. The van der Waals surface area contributed by atoms with Crippen molar-refractivity contribution in [3.05, 3.63) is 17.0 Å². The van der Waals surface area contributed by atoms with Crippen molar-refractivity contribution >= 4 is 0 Å². The van der Waals surface area contributed by atoms with Crippen molar-refractivity contribution in [2.45, 2.75) is 58.5 Å². The third-order valence-electron chi connectivity index (χ3n) is 5.43. The second-order valence-electron chi connectivity index (χ2n) is 7.20. The minimum absolute atomic E-state index is 0.321. The highest BCUT2D eigenvalue weighted by Crippen LogP contribution is 2.35. The van der Waals surface area contributed by atoms with Crippen molar-refractivity contribution in [1.82, 2.24) is 20.0 Å². The Morgan fingerprint density at radius 3 is 2.62 bits per heavy atom. The number of likely N-dealkylation sites (N-methyl/N-ethyl adjacent to an activating group) is 1. The highest BCUT2D eigenvalue weighted by Gasteiger charge is 2.36. The topological polar surface area (TPSA) is 33.1 Å². The van der Waals surface area contributed by atoms with Crippen LogP contribution in [0.3, 0.4) is 0 Å². The van der Waals surface area contributed by atoms with Crippen LogP contribution in [-0.4, -0.2) is 40.9 Å². The Morgan fingerprint density at radius 2 is 2.10 bits per heavy atom. The molecule has 2 unspecified atom stereocenters. The van der Waals surface area contributed by atoms with Gasteiger partial charge in [-0.05, 0) is 46.7 Å². The van der Waals surface area contributed by atoms with E-state index in [0.717, 1.165) is 24.7 Å². The van der Waals surface area contributed by atoms with Crippen LogP contribution in [0, 0.1) is 19.8 Å². The van der Waals surface area contributed by atoms with E-state index in [1.165, 1.54) is 36.9 Å². The standard InChI is InChI=1S/C17H32N4/c1-13-8-7-9-17(10-13,20(4)5)12-18-11-16-14(2)19-21(6)15(16)3/h13,18H,7-12H2,1-6H3. The first-order valence-electron chi connectivity index (χ1n) is 8.23. The molecular formula is C17H32N4. The summed E-state index contributed by atoms with van der Waals surface area (Å²) in [5.74, 6) is 0.838. The Balaban J connectivity index is 2.00. The molecule has 0 spiro atoms. The third-order valence-corrected chi connectivity index (χ3v) is 5.43. The first kappa shape index (κ1) is 16.5. The van der Waals surface area contributed by atoms with E-state index in [-0.39, 0.29) is 0 Å². The van der Waals surface area contributed by atoms with Gasteiger partial charge in [-0.3, -0.25) is 4.68 Å². The normalized spacial score (nSPS) is 26.5. The molecule has 2 rings (SSSR count). The van der Waals surface area contributed by atoms with Crippen molar-refractivity contribution in [3.8, 4) is 0 Å². The fourth-order valence-corrected chi connectivity index (χ4v) is 3.85. The maximum Gasteiger partial charge on any atom is 0.0641 e. The summed E-state index contributed by atoms with van der Waals surface area (Å²) in [5, 5.41) is 8.22. The Morgan fingerprint density at radius 1 is 1.38 bits per heavy atom. The predicted molar refractivity (Wildman–Crippen MR) is 88.4 cm³/mol. The molecule has 0 aliphatic heterocycles. The molecule has 4 heteroatoms. The van der Waals surface area contributed by atoms with Crippen LogP contribution in [0.15, 0.2) is 0 Å². The van der Waals surface area contributed by atoms with Gasteiger partial charge in [-0.2, -0.15) is 5.10 Å². The maximum absolute atomic E-state index is 4.51. The molecule has 1 aliphatic carbocycles. The Bertz CT molecular complexity index is 477. The largest absolute Gasteiger partial charge is 0.311 e. The number of hydrogen-bond donors (Lipinski definition) is 1. The second kappa shape index (κ2) is 6.49. The molecule has 0 bridgehead atoms. The minimum Gasteiger partial charge on any atom is -0.311 e. The van der Waals surface area contributed by atoms with Crippen LogP contribution in [0.25, 0.3) is 0 Å². The lowest BCUT2D eigenvalue weighted by atomic mass is 9.75. The van der Waals surface area contributed by atoms with Crippen LogP contribution in [0.1, 0.15) is 49.6 Å². The van der Waals surface area contributed by atoms with E-state index >= 15 is 0 Å². The van der Waals surface area contributed by atoms with Gasteiger partial charge in [-0.1, -0.05) is 19.8 Å². The van der Waals surface area contributed by atoms with E-state index in [2.05, 4.69) is 50.2 Å². The SMILES string of the molecule is Cc1nn(C)c(C)c1CNCC1(N(C)C)CCCC(C)C1.